The Morgan fingerprint density at radius 3 is 2.96 bits per heavy atom. The number of imidazole rings is 1. The summed E-state index contributed by atoms with van der Waals surface area (Å²) in [4.78, 5) is 9.05. The first-order valence-electron chi connectivity index (χ1n) is 9.11. The summed E-state index contributed by atoms with van der Waals surface area (Å²) in [5.74, 6) is 1.14. The maximum atomic E-state index is 14.4. The van der Waals surface area contributed by atoms with E-state index in [2.05, 4.69) is 20.4 Å². The zero-order valence-corrected chi connectivity index (χ0v) is 15.6. The predicted octanol–water partition coefficient (Wildman–Crippen LogP) is 3.12. The Balaban J connectivity index is 1.50. The molecule has 0 bridgehead atoms. The van der Waals surface area contributed by atoms with Gasteiger partial charge in [-0.15, -0.1) is 0 Å². The highest BCUT2D eigenvalue weighted by atomic mass is 19.1. The Hall–Kier alpha value is -3.42. The molecule has 7 nitrogen and oxygen atoms in total. The van der Waals surface area contributed by atoms with Crippen LogP contribution in [0.1, 0.15) is 16.8 Å². The van der Waals surface area contributed by atoms with Gasteiger partial charge < -0.3 is 10.1 Å². The molecule has 0 saturated carbocycles. The number of nitrogens with one attached hydrogen (secondary N) is 1. The SMILES string of the molecule is Cc1nn(C)cc1-c1cnc(NCc2c(F)ccc3c2CCO3)n2ccnc12. The van der Waals surface area contributed by atoms with Crippen molar-refractivity contribution >= 4 is 11.6 Å². The lowest BCUT2D eigenvalue weighted by molar-refractivity contribution is 0.356. The fourth-order valence-corrected chi connectivity index (χ4v) is 3.78. The third-order valence-electron chi connectivity index (χ3n) is 5.09. The molecule has 0 saturated heterocycles. The zero-order chi connectivity index (χ0) is 19.3. The minimum absolute atomic E-state index is 0.235. The number of hydrogen-bond acceptors (Lipinski definition) is 5. The monoisotopic (exact) mass is 378 g/mol. The van der Waals surface area contributed by atoms with Crippen molar-refractivity contribution in [3.8, 4) is 16.9 Å². The molecule has 4 aromatic rings. The van der Waals surface area contributed by atoms with E-state index < -0.39 is 0 Å². The molecule has 4 heterocycles. The number of benzene rings is 1. The highest BCUT2D eigenvalue weighted by Crippen LogP contribution is 2.31. The summed E-state index contributed by atoms with van der Waals surface area (Å²) in [5, 5.41) is 7.66. The van der Waals surface area contributed by atoms with Crippen LogP contribution in [0.4, 0.5) is 10.3 Å². The van der Waals surface area contributed by atoms with Crippen LogP contribution in [-0.4, -0.2) is 30.8 Å². The Morgan fingerprint density at radius 1 is 1.25 bits per heavy atom. The number of anilines is 1. The molecule has 142 valence electrons. The minimum atomic E-state index is -0.235. The quantitative estimate of drug-likeness (QED) is 0.591. The van der Waals surface area contributed by atoms with E-state index >= 15 is 0 Å². The second-order valence-electron chi connectivity index (χ2n) is 6.87. The number of aryl methyl sites for hydroxylation is 2. The Bertz CT molecular complexity index is 1200. The lowest BCUT2D eigenvalue weighted by atomic mass is 10.0. The highest BCUT2D eigenvalue weighted by Gasteiger charge is 2.20. The molecule has 5 rings (SSSR count). The smallest absolute Gasteiger partial charge is 0.208 e. The van der Waals surface area contributed by atoms with Crippen molar-refractivity contribution in [3.05, 3.63) is 59.6 Å². The third kappa shape index (κ3) is 2.60. The number of fused-ring (bicyclic) bond motifs is 2. The Morgan fingerprint density at radius 2 is 2.14 bits per heavy atom. The van der Waals surface area contributed by atoms with E-state index in [-0.39, 0.29) is 5.82 Å². The van der Waals surface area contributed by atoms with Crippen LogP contribution in [0.3, 0.4) is 0 Å². The topological polar surface area (TPSA) is 69.3 Å². The van der Waals surface area contributed by atoms with E-state index in [0.29, 0.717) is 24.7 Å². The summed E-state index contributed by atoms with van der Waals surface area (Å²) in [5.41, 5.74) is 5.13. The van der Waals surface area contributed by atoms with Gasteiger partial charge in [0.1, 0.15) is 17.2 Å². The zero-order valence-electron chi connectivity index (χ0n) is 15.6. The van der Waals surface area contributed by atoms with E-state index in [1.807, 2.05) is 30.8 Å². The van der Waals surface area contributed by atoms with Crippen molar-refractivity contribution in [2.75, 3.05) is 11.9 Å². The van der Waals surface area contributed by atoms with Crippen molar-refractivity contribution in [2.24, 2.45) is 7.05 Å². The van der Waals surface area contributed by atoms with Crippen LogP contribution >= 0.6 is 0 Å². The Labute approximate surface area is 160 Å². The second kappa shape index (κ2) is 6.33. The van der Waals surface area contributed by atoms with E-state index in [1.165, 1.54) is 6.07 Å². The number of rotatable bonds is 4. The standard InChI is InChI=1S/C20H19FN6O/c1-12-16(11-26(2)25-12)15-10-24-20(27-7-6-22-19(15)27)23-9-14-13-5-8-28-18(13)4-3-17(14)21/h3-4,6-7,10-11H,5,8-9H2,1-2H3,(H,23,24). The lowest BCUT2D eigenvalue weighted by Crippen LogP contribution is -2.09. The molecular formula is C20H19FN6O. The number of nitrogens with zero attached hydrogens (tertiary/aromatic N) is 5. The van der Waals surface area contributed by atoms with Gasteiger partial charge in [0.2, 0.25) is 5.95 Å². The van der Waals surface area contributed by atoms with Crippen molar-refractivity contribution in [1.82, 2.24) is 24.1 Å². The number of aromatic nitrogens is 5. The molecule has 0 radical (unpaired) electrons. The average molecular weight is 378 g/mol. The molecular weight excluding hydrogens is 359 g/mol. The summed E-state index contributed by atoms with van der Waals surface area (Å²) in [6.45, 7) is 2.88. The molecule has 0 unspecified atom stereocenters. The van der Waals surface area contributed by atoms with Gasteiger partial charge in [-0.25, -0.2) is 14.4 Å². The lowest BCUT2D eigenvalue weighted by Gasteiger charge is -2.13. The van der Waals surface area contributed by atoms with Gasteiger partial charge in [0.15, 0.2) is 0 Å². The summed E-state index contributed by atoms with van der Waals surface area (Å²) in [6, 6.07) is 3.15. The van der Waals surface area contributed by atoms with Crippen molar-refractivity contribution in [3.63, 3.8) is 0 Å². The summed E-state index contributed by atoms with van der Waals surface area (Å²) in [6.07, 6.45) is 8.03. The third-order valence-corrected chi connectivity index (χ3v) is 5.09. The van der Waals surface area contributed by atoms with Crippen LogP contribution in [0, 0.1) is 12.7 Å². The van der Waals surface area contributed by atoms with Crippen molar-refractivity contribution in [2.45, 2.75) is 19.9 Å². The van der Waals surface area contributed by atoms with Gasteiger partial charge in [0.25, 0.3) is 0 Å². The van der Waals surface area contributed by atoms with Gasteiger partial charge in [-0.1, -0.05) is 0 Å². The molecule has 0 amide bonds. The highest BCUT2D eigenvalue weighted by molar-refractivity contribution is 5.78. The number of halogens is 1. The first-order chi connectivity index (χ1) is 13.6. The van der Waals surface area contributed by atoms with Crippen molar-refractivity contribution < 1.29 is 9.13 Å². The number of ether oxygens (including phenoxy) is 1. The van der Waals surface area contributed by atoms with Crippen LogP contribution in [0.25, 0.3) is 16.8 Å². The van der Waals surface area contributed by atoms with Gasteiger partial charge in [0.05, 0.1) is 12.3 Å². The molecule has 28 heavy (non-hydrogen) atoms. The van der Waals surface area contributed by atoms with Crippen LogP contribution in [-0.2, 0) is 20.0 Å². The van der Waals surface area contributed by atoms with Gasteiger partial charge in [-0.2, -0.15) is 5.10 Å². The van der Waals surface area contributed by atoms with Gasteiger partial charge >= 0.3 is 0 Å². The first kappa shape index (κ1) is 16.7. The molecule has 1 aromatic carbocycles. The van der Waals surface area contributed by atoms with Crippen LogP contribution in [0.15, 0.2) is 36.9 Å². The molecule has 1 N–H and O–H groups in total. The van der Waals surface area contributed by atoms with Crippen molar-refractivity contribution in [1.29, 1.82) is 0 Å². The molecule has 0 aliphatic carbocycles. The minimum Gasteiger partial charge on any atom is -0.493 e. The fraction of sp³-hybridized carbons (Fsp3) is 0.250. The summed E-state index contributed by atoms with van der Waals surface area (Å²) >= 11 is 0. The van der Waals surface area contributed by atoms with E-state index in [1.54, 1.807) is 23.1 Å². The molecule has 8 heteroatoms. The molecule has 1 aliphatic rings. The second-order valence-corrected chi connectivity index (χ2v) is 6.87. The average Bonchev–Trinajstić information content (AvgIpc) is 3.40. The normalized spacial score (nSPS) is 13.0. The summed E-state index contributed by atoms with van der Waals surface area (Å²) < 4.78 is 23.6. The fourth-order valence-electron chi connectivity index (χ4n) is 3.78. The maximum Gasteiger partial charge on any atom is 0.208 e. The molecule has 0 fully saturated rings. The summed E-state index contributed by atoms with van der Waals surface area (Å²) in [7, 11) is 1.89. The van der Waals surface area contributed by atoms with Crippen LogP contribution in [0.5, 0.6) is 5.75 Å². The molecule has 1 aliphatic heterocycles. The van der Waals surface area contributed by atoms with Gasteiger partial charge in [0, 0.05) is 67.1 Å². The first-order valence-corrected chi connectivity index (χ1v) is 9.11. The van der Waals surface area contributed by atoms with E-state index in [9.17, 15) is 4.39 Å². The van der Waals surface area contributed by atoms with E-state index in [4.69, 9.17) is 4.74 Å². The molecule has 0 spiro atoms. The van der Waals surface area contributed by atoms with Crippen LogP contribution in [0.2, 0.25) is 0 Å². The van der Waals surface area contributed by atoms with Gasteiger partial charge in [-0.05, 0) is 19.1 Å². The van der Waals surface area contributed by atoms with Gasteiger partial charge in [-0.3, -0.25) is 9.08 Å². The van der Waals surface area contributed by atoms with Crippen LogP contribution < -0.4 is 10.1 Å². The number of hydrogen-bond donors (Lipinski definition) is 1. The Kier molecular flexibility index (Phi) is 3.78. The molecule has 3 aromatic heterocycles. The largest absolute Gasteiger partial charge is 0.493 e. The maximum absolute atomic E-state index is 14.4. The predicted molar refractivity (Wildman–Crippen MR) is 103 cm³/mol. The van der Waals surface area contributed by atoms with E-state index in [0.717, 1.165) is 40.2 Å². The molecule has 0 atom stereocenters.